The zero-order valence-corrected chi connectivity index (χ0v) is 9.99. The van der Waals surface area contributed by atoms with E-state index in [1.807, 2.05) is 11.3 Å². The number of thiophene rings is 1. The molecule has 0 amide bonds. The number of aryl methyl sites for hydroxylation is 3. The maximum absolute atomic E-state index is 2.36. The number of hydrogen-bond acceptors (Lipinski definition) is 1. The lowest BCUT2D eigenvalue weighted by molar-refractivity contribution is 0.712. The topological polar surface area (TPSA) is 0 Å². The monoisotopic (exact) mass is 216 g/mol. The Balaban J connectivity index is 2.27. The fourth-order valence-electron chi connectivity index (χ4n) is 2.63. The molecule has 0 bridgehead atoms. The minimum Gasteiger partial charge on any atom is -0.143 e. The van der Waals surface area contributed by atoms with Gasteiger partial charge in [-0.25, -0.2) is 0 Å². The van der Waals surface area contributed by atoms with Gasteiger partial charge in [-0.3, -0.25) is 0 Å². The summed E-state index contributed by atoms with van der Waals surface area (Å²) in [6.07, 6.45) is 6.75. The molecule has 0 fully saturated rings. The summed E-state index contributed by atoms with van der Waals surface area (Å²) in [5.74, 6) is 0. The molecule has 0 nitrogen and oxygen atoms in total. The smallest absolute Gasteiger partial charge is 0.0380 e. The summed E-state index contributed by atoms with van der Waals surface area (Å²) in [7, 11) is 0. The van der Waals surface area contributed by atoms with E-state index in [9.17, 15) is 0 Å². The van der Waals surface area contributed by atoms with E-state index in [4.69, 9.17) is 0 Å². The van der Waals surface area contributed by atoms with Crippen LogP contribution in [0, 0.1) is 6.92 Å². The Kier molecular flexibility index (Phi) is 2.28. The number of hydrogen-bond donors (Lipinski definition) is 0. The highest BCUT2D eigenvalue weighted by atomic mass is 32.1. The average molecular weight is 216 g/mol. The first-order valence-corrected chi connectivity index (χ1v) is 6.73. The average Bonchev–Trinajstić information content (AvgIpc) is 2.51. The van der Waals surface area contributed by atoms with E-state index in [-0.39, 0.29) is 0 Å². The molecule has 1 aliphatic carbocycles. The molecule has 1 heteroatoms. The molecule has 0 spiro atoms. The van der Waals surface area contributed by atoms with Crippen molar-refractivity contribution in [2.24, 2.45) is 0 Å². The Morgan fingerprint density at radius 3 is 2.87 bits per heavy atom. The Labute approximate surface area is 94.9 Å². The van der Waals surface area contributed by atoms with E-state index in [1.54, 1.807) is 15.8 Å². The van der Waals surface area contributed by atoms with Crippen LogP contribution >= 0.6 is 11.3 Å². The Bertz CT molecular complexity index is 493. The molecular weight excluding hydrogens is 200 g/mol. The van der Waals surface area contributed by atoms with Crippen molar-refractivity contribution < 1.29 is 0 Å². The summed E-state index contributed by atoms with van der Waals surface area (Å²) in [4.78, 5) is 0. The summed E-state index contributed by atoms with van der Waals surface area (Å²) in [6, 6.07) is 4.69. The first-order chi connectivity index (χ1) is 7.36. The van der Waals surface area contributed by atoms with Gasteiger partial charge in [-0.15, -0.1) is 11.3 Å². The molecule has 2 aromatic rings. The molecule has 1 heterocycles. The molecule has 3 rings (SSSR count). The Morgan fingerprint density at radius 1 is 1.07 bits per heavy atom. The summed E-state index contributed by atoms with van der Waals surface area (Å²) >= 11 is 1.94. The second kappa shape index (κ2) is 3.64. The van der Waals surface area contributed by atoms with E-state index in [0.29, 0.717) is 0 Å². The molecule has 0 unspecified atom stereocenters. The number of rotatable bonds is 0. The third-order valence-corrected chi connectivity index (χ3v) is 4.68. The van der Waals surface area contributed by atoms with Crippen LogP contribution in [0.3, 0.4) is 0 Å². The first kappa shape index (κ1) is 9.41. The Hall–Kier alpha value is -0.820. The molecule has 1 aromatic heterocycles. The highest BCUT2D eigenvalue weighted by Crippen LogP contribution is 2.33. The van der Waals surface area contributed by atoms with Crippen molar-refractivity contribution in [2.45, 2.75) is 39.0 Å². The minimum atomic E-state index is 1.29. The molecule has 15 heavy (non-hydrogen) atoms. The molecule has 0 radical (unpaired) electrons. The van der Waals surface area contributed by atoms with Gasteiger partial charge in [0.05, 0.1) is 0 Å². The molecule has 0 saturated carbocycles. The summed E-state index contributed by atoms with van der Waals surface area (Å²) < 4.78 is 1.56. The molecule has 0 atom stereocenters. The van der Waals surface area contributed by atoms with Crippen LogP contribution in [0.1, 0.15) is 36.0 Å². The van der Waals surface area contributed by atoms with Crippen molar-refractivity contribution in [3.63, 3.8) is 0 Å². The fraction of sp³-hybridized carbons (Fsp3) is 0.429. The van der Waals surface area contributed by atoms with Crippen molar-refractivity contribution in [1.29, 1.82) is 0 Å². The van der Waals surface area contributed by atoms with E-state index in [0.717, 1.165) is 0 Å². The first-order valence-electron chi connectivity index (χ1n) is 5.85. The van der Waals surface area contributed by atoms with E-state index >= 15 is 0 Å². The van der Waals surface area contributed by atoms with Gasteiger partial charge in [-0.05, 0) is 60.1 Å². The SMILES string of the molecule is Cc1csc2c3c(ccc12)CCCCC3. The summed E-state index contributed by atoms with van der Waals surface area (Å²) in [5.41, 5.74) is 4.71. The van der Waals surface area contributed by atoms with Gasteiger partial charge < -0.3 is 0 Å². The quantitative estimate of drug-likeness (QED) is 0.570. The highest BCUT2D eigenvalue weighted by molar-refractivity contribution is 7.17. The molecule has 78 valence electrons. The van der Waals surface area contributed by atoms with Gasteiger partial charge >= 0.3 is 0 Å². The van der Waals surface area contributed by atoms with Crippen LogP contribution in [0.5, 0.6) is 0 Å². The predicted molar refractivity (Wildman–Crippen MR) is 67.8 cm³/mol. The number of fused-ring (bicyclic) bond motifs is 3. The van der Waals surface area contributed by atoms with Gasteiger partial charge in [-0.2, -0.15) is 0 Å². The maximum Gasteiger partial charge on any atom is 0.0380 e. The van der Waals surface area contributed by atoms with Crippen molar-refractivity contribution in [3.8, 4) is 0 Å². The third-order valence-electron chi connectivity index (χ3n) is 3.51. The van der Waals surface area contributed by atoms with Crippen LogP contribution < -0.4 is 0 Å². The largest absolute Gasteiger partial charge is 0.143 e. The van der Waals surface area contributed by atoms with Gasteiger partial charge in [0.1, 0.15) is 0 Å². The van der Waals surface area contributed by atoms with Crippen molar-refractivity contribution in [1.82, 2.24) is 0 Å². The highest BCUT2D eigenvalue weighted by Gasteiger charge is 2.12. The van der Waals surface area contributed by atoms with E-state index in [1.165, 1.54) is 43.1 Å². The van der Waals surface area contributed by atoms with Crippen LogP contribution in [0.2, 0.25) is 0 Å². The zero-order chi connectivity index (χ0) is 10.3. The van der Waals surface area contributed by atoms with Crippen molar-refractivity contribution in [2.75, 3.05) is 0 Å². The van der Waals surface area contributed by atoms with Gasteiger partial charge in [0.25, 0.3) is 0 Å². The van der Waals surface area contributed by atoms with E-state index < -0.39 is 0 Å². The van der Waals surface area contributed by atoms with Gasteiger partial charge in [0.15, 0.2) is 0 Å². The van der Waals surface area contributed by atoms with Crippen LogP contribution in [-0.4, -0.2) is 0 Å². The van der Waals surface area contributed by atoms with Gasteiger partial charge in [0.2, 0.25) is 0 Å². The molecular formula is C14H16S. The lowest BCUT2D eigenvalue weighted by Crippen LogP contribution is -1.90. The van der Waals surface area contributed by atoms with Crippen molar-refractivity contribution >= 4 is 21.4 Å². The normalized spacial score (nSPS) is 16.3. The second-order valence-electron chi connectivity index (χ2n) is 4.56. The molecule has 1 aliphatic rings. The van der Waals surface area contributed by atoms with Gasteiger partial charge in [-0.1, -0.05) is 18.6 Å². The minimum absolute atomic E-state index is 1.29. The van der Waals surface area contributed by atoms with Crippen LogP contribution in [0.25, 0.3) is 10.1 Å². The molecule has 0 saturated heterocycles. The summed E-state index contributed by atoms with van der Waals surface area (Å²) in [5, 5.41) is 3.79. The molecule has 0 N–H and O–H groups in total. The van der Waals surface area contributed by atoms with Gasteiger partial charge in [0, 0.05) is 4.70 Å². The zero-order valence-electron chi connectivity index (χ0n) is 9.18. The van der Waals surface area contributed by atoms with E-state index in [2.05, 4.69) is 24.4 Å². The number of benzene rings is 1. The lowest BCUT2D eigenvalue weighted by atomic mass is 10.00. The summed E-state index contributed by atoms with van der Waals surface area (Å²) in [6.45, 7) is 2.22. The fourth-order valence-corrected chi connectivity index (χ4v) is 3.78. The van der Waals surface area contributed by atoms with Crippen LogP contribution in [0.15, 0.2) is 17.5 Å². The standard InChI is InChI=1S/C14H16S/c1-10-9-15-14-12(10)8-7-11-5-3-2-4-6-13(11)14/h7-9H,2-6H2,1H3. The predicted octanol–water partition coefficient (Wildman–Crippen LogP) is 4.48. The Morgan fingerprint density at radius 2 is 1.93 bits per heavy atom. The third kappa shape index (κ3) is 1.50. The second-order valence-corrected chi connectivity index (χ2v) is 5.44. The van der Waals surface area contributed by atoms with Crippen molar-refractivity contribution in [3.05, 3.63) is 34.2 Å². The maximum atomic E-state index is 2.36. The van der Waals surface area contributed by atoms with Crippen LogP contribution in [0.4, 0.5) is 0 Å². The lowest BCUT2D eigenvalue weighted by Gasteiger charge is -2.06. The van der Waals surface area contributed by atoms with Crippen LogP contribution in [-0.2, 0) is 12.8 Å². The molecule has 1 aromatic carbocycles. The molecule has 0 aliphatic heterocycles.